The van der Waals surface area contributed by atoms with Crippen LogP contribution < -0.4 is 0 Å². The molecule has 0 aliphatic rings. The van der Waals surface area contributed by atoms with Gasteiger partial charge in [0.1, 0.15) is 0 Å². The molecule has 0 aliphatic heterocycles. The summed E-state index contributed by atoms with van der Waals surface area (Å²) in [6.07, 6.45) is 5.60. The van der Waals surface area contributed by atoms with E-state index in [1.807, 2.05) is 28.5 Å². The van der Waals surface area contributed by atoms with E-state index in [0.29, 0.717) is 0 Å². The van der Waals surface area contributed by atoms with Crippen LogP contribution in [0.15, 0.2) is 28.6 Å². The first kappa shape index (κ1) is 6.74. The van der Waals surface area contributed by atoms with Gasteiger partial charge in [0.05, 0.1) is 0 Å². The fourth-order valence-electron chi connectivity index (χ4n) is 0.547. The lowest BCUT2D eigenvalue weighted by Gasteiger charge is -1.85. The van der Waals surface area contributed by atoms with Gasteiger partial charge in [0, 0.05) is 12.4 Å². The number of halogens is 1. The predicted octanol–water partition coefficient (Wildman–Crippen LogP) is 2.49. The van der Waals surface area contributed by atoms with Crippen LogP contribution in [0.4, 0.5) is 0 Å². The van der Waals surface area contributed by atoms with Gasteiger partial charge in [-0.3, -0.25) is 4.98 Å². The molecular weight excluding hydrogens is 225 g/mol. The third-order valence-corrected chi connectivity index (χ3v) is 1.30. The van der Waals surface area contributed by atoms with E-state index >= 15 is 0 Å². The molecule has 0 fully saturated rings. The maximum Gasteiger partial charge on any atom is 0.0340 e. The van der Waals surface area contributed by atoms with Crippen LogP contribution in [0.5, 0.6) is 0 Å². The van der Waals surface area contributed by atoms with E-state index in [1.165, 1.54) is 0 Å². The Morgan fingerprint density at radius 1 is 1.56 bits per heavy atom. The number of rotatable bonds is 1. The van der Waals surface area contributed by atoms with Crippen molar-refractivity contribution < 1.29 is 0 Å². The first-order valence-electron chi connectivity index (χ1n) is 2.60. The van der Waals surface area contributed by atoms with Crippen molar-refractivity contribution in [3.63, 3.8) is 0 Å². The molecule has 0 radical (unpaired) electrons. The molecule has 0 atom stereocenters. The quantitative estimate of drug-likeness (QED) is 0.676. The molecule has 46 valence electrons. The fraction of sp³-hybridized carbons (Fsp3) is 0. The summed E-state index contributed by atoms with van der Waals surface area (Å²) in [4.78, 5) is 3.95. The Kier molecular flexibility index (Phi) is 2.70. The van der Waals surface area contributed by atoms with Crippen LogP contribution in [0.1, 0.15) is 5.56 Å². The minimum Gasteiger partial charge on any atom is -0.264 e. The predicted molar refractivity (Wildman–Crippen MR) is 47.3 cm³/mol. The molecule has 1 rings (SSSR count). The first-order chi connectivity index (χ1) is 4.43. The monoisotopic (exact) mass is 231 g/mol. The van der Waals surface area contributed by atoms with Gasteiger partial charge in [-0.2, -0.15) is 0 Å². The lowest BCUT2D eigenvalue weighted by Crippen LogP contribution is -1.70. The highest BCUT2D eigenvalue weighted by atomic mass is 127. The highest BCUT2D eigenvalue weighted by molar-refractivity contribution is 14.1. The van der Waals surface area contributed by atoms with Gasteiger partial charge < -0.3 is 0 Å². The van der Waals surface area contributed by atoms with Gasteiger partial charge >= 0.3 is 0 Å². The molecule has 0 amide bonds. The highest BCUT2D eigenvalue weighted by Gasteiger charge is 1.79. The van der Waals surface area contributed by atoms with Crippen molar-refractivity contribution in [3.05, 3.63) is 34.2 Å². The third kappa shape index (κ3) is 2.13. The minimum absolute atomic E-state index is 1.15. The van der Waals surface area contributed by atoms with Crippen molar-refractivity contribution >= 4 is 28.7 Å². The second-order valence-corrected chi connectivity index (χ2v) is 2.30. The van der Waals surface area contributed by atoms with Crippen LogP contribution in [0.2, 0.25) is 0 Å². The number of hydrogen-bond donors (Lipinski definition) is 0. The normalized spacial score (nSPS) is 10.3. The van der Waals surface area contributed by atoms with E-state index in [0.717, 1.165) is 5.56 Å². The summed E-state index contributed by atoms with van der Waals surface area (Å²) in [7, 11) is 0. The number of aromatic nitrogens is 1. The van der Waals surface area contributed by atoms with Crippen molar-refractivity contribution in [3.8, 4) is 0 Å². The summed E-state index contributed by atoms with van der Waals surface area (Å²) in [5.41, 5.74) is 1.15. The Bertz CT molecular complexity index is 193. The molecule has 1 aromatic heterocycles. The molecule has 0 aromatic carbocycles. The molecule has 0 bridgehead atoms. The Hall–Kier alpha value is -0.380. The number of pyridine rings is 1. The maximum absolute atomic E-state index is 3.95. The summed E-state index contributed by atoms with van der Waals surface area (Å²) in [6.45, 7) is 0. The van der Waals surface area contributed by atoms with E-state index in [4.69, 9.17) is 0 Å². The summed E-state index contributed by atoms with van der Waals surface area (Å²) in [5.74, 6) is 0. The Morgan fingerprint density at radius 3 is 3.00 bits per heavy atom. The van der Waals surface area contributed by atoms with E-state index < -0.39 is 0 Å². The van der Waals surface area contributed by atoms with Crippen molar-refractivity contribution in [2.45, 2.75) is 0 Å². The zero-order valence-corrected chi connectivity index (χ0v) is 6.95. The third-order valence-electron chi connectivity index (χ3n) is 0.940. The molecule has 1 aromatic rings. The summed E-state index contributed by atoms with van der Waals surface area (Å²) in [6, 6.07) is 3.94. The van der Waals surface area contributed by atoms with Crippen LogP contribution in [-0.4, -0.2) is 4.98 Å². The van der Waals surface area contributed by atoms with Crippen molar-refractivity contribution in [2.24, 2.45) is 0 Å². The molecule has 1 nitrogen and oxygen atoms in total. The average molecular weight is 231 g/mol. The highest BCUT2D eigenvalue weighted by Crippen LogP contribution is 1.99. The molecule has 9 heavy (non-hydrogen) atoms. The van der Waals surface area contributed by atoms with Gasteiger partial charge in [-0.1, -0.05) is 28.7 Å². The van der Waals surface area contributed by atoms with Crippen LogP contribution in [0.3, 0.4) is 0 Å². The molecule has 0 saturated heterocycles. The summed E-state index contributed by atoms with van der Waals surface area (Å²) < 4.78 is 1.97. The van der Waals surface area contributed by atoms with E-state index in [9.17, 15) is 0 Å². The lowest BCUT2D eigenvalue weighted by molar-refractivity contribution is 1.32. The number of nitrogens with zero attached hydrogens (tertiary/aromatic N) is 1. The van der Waals surface area contributed by atoms with Crippen LogP contribution in [-0.2, 0) is 0 Å². The molecule has 0 unspecified atom stereocenters. The number of hydrogen-bond acceptors (Lipinski definition) is 1. The second-order valence-electron chi connectivity index (χ2n) is 1.58. The van der Waals surface area contributed by atoms with Gasteiger partial charge in [-0.15, -0.1) is 0 Å². The van der Waals surface area contributed by atoms with E-state index in [1.54, 1.807) is 6.20 Å². The van der Waals surface area contributed by atoms with Gasteiger partial charge in [0.25, 0.3) is 0 Å². The largest absolute Gasteiger partial charge is 0.264 e. The van der Waals surface area contributed by atoms with Gasteiger partial charge in [-0.25, -0.2) is 0 Å². The molecule has 0 aliphatic carbocycles. The summed E-state index contributed by atoms with van der Waals surface area (Å²) in [5, 5.41) is 0. The van der Waals surface area contributed by atoms with Crippen molar-refractivity contribution in [1.82, 2.24) is 4.98 Å². The zero-order chi connectivity index (χ0) is 6.53. The van der Waals surface area contributed by atoms with Crippen LogP contribution >= 0.6 is 22.6 Å². The van der Waals surface area contributed by atoms with Gasteiger partial charge in [0.15, 0.2) is 0 Å². The van der Waals surface area contributed by atoms with E-state index in [2.05, 4.69) is 27.6 Å². The standard InChI is InChI=1S/C7H6IN/c8-4-3-7-2-1-5-9-6-7/h1-6H/b4-3-. The molecule has 0 saturated carbocycles. The second kappa shape index (κ2) is 3.61. The Balaban J connectivity index is 2.85. The fourth-order valence-corrected chi connectivity index (χ4v) is 0.963. The average Bonchev–Trinajstić information content (AvgIpc) is 1.91. The lowest BCUT2D eigenvalue weighted by atomic mass is 10.3. The summed E-state index contributed by atoms with van der Waals surface area (Å²) >= 11 is 2.18. The first-order valence-corrected chi connectivity index (χ1v) is 3.85. The van der Waals surface area contributed by atoms with Crippen molar-refractivity contribution in [1.29, 1.82) is 0 Å². The zero-order valence-electron chi connectivity index (χ0n) is 4.79. The Labute approximate surface area is 68.0 Å². The smallest absolute Gasteiger partial charge is 0.0340 e. The topological polar surface area (TPSA) is 12.9 Å². The molecule has 0 spiro atoms. The van der Waals surface area contributed by atoms with Gasteiger partial charge in [0.2, 0.25) is 0 Å². The SMILES string of the molecule is I/C=C\c1cccnc1. The molecule has 2 heteroatoms. The van der Waals surface area contributed by atoms with Crippen LogP contribution in [0.25, 0.3) is 6.08 Å². The van der Waals surface area contributed by atoms with Crippen LogP contribution in [0, 0.1) is 0 Å². The molecule has 1 heterocycles. The van der Waals surface area contributed by atoms with Crippen molar-refractivity contribution in [2.75, 3.05) is 0 Å². The molecule has 0 N–H and O–H groups in total. The van der Waals surface area contributed by atoms with E-state index in [-0.39, 0.29) is 0 Å². The minimum atomic E-state index is 1.15. The molecular formula is C7H6IN. The van der Waals surface area contributed by atoms with Gasteiger partial charge in [-0.05, 0) is 21.8 Å². The Morgan fingerprint density at radius 2 is 2.44 bits per heavy atom. The maximum atomic E-state index is 3.95.